The molecule has 2 aromatic carbocycles. The number of ether oxygens (including phenoxy) is 3. The highest BCUT2D eigenvalue weighted by molar-refractivity contribution is 7.99. The van der Waals surface area contributed by atoms with Crippen molar-refractivity contribution in [2.75, 3.05) is 38.5 Å². The maximum absolute atomic E-state index is 12.8. The summed E-state index contributed by atoms with van der Waals surface area (Å²) in [6, 6.07) is 11.5. The summed E-state index contributed by atoms with van der Waals surface area (Å²) in [7, 11) is 3.23. The summed E-state index contributed by atoms with van der Waals surface area (Å²) in [6.45, 7) is 3.77. The topological polar surface area (TPSA) is 114 Å². The lowest BCUT2D eigenvalue weighted by Crippen LogP contribution is -2.37. The van der Waals surface area contributed by atoms with Gasteiger partial charge in [0.2, 0.25) is 17.0 Å². The van der Waals surface area contributed by atoms with E-state index in [0.717, 1.165) is 23.3 Å². The Morgan fingerprint density at radius 2 is 1.94 bits per heavy atom. The highest BCUT2D eigenvalue weighted by Crippen LogP contribution is 2.33. The number of aromatic nitrogens is 3. The number of amides is 1. The molecule has 4 rings (SSSR count). The normalized spacial score (nSPS) is 12.9. The molecular weight excluding hydrogens is 468 g/mol. The predicted molar refractivity (Wildman–Crippen MR) is 135 cm³/mol. The number of thioether (sulfide) groups is 1. The second-order valence-corrected chi connectivity index (χ2v) is 8.61. The number of carbonyl (C=O) groups excluding carboxylic acids is 1. The summed E-state index contributed by atoms with van der Waals surface area (Å²) in [4.78, 5) is 19.0. The lowest BCUT2D eigenvalue weighted by Gasteiger charge is -2.29. The third-order valence-corrected chi connectivity index (χ3v) is 6.27. The van der Waals surface area contributed by atoms with E-state index in [1.54, 1.807) is 20.4 Å². The quantitative estimate of drug-likeness (QED) is 0.250. The second-order valence-electron chi connectivity index (χ2n) is 7.67. The summed E-state index contributed by atoms with van der Waals surface area (Å²) < 4.78 is 16.2. The van der Waals surface area contributed by atoms with E-state index in [1.165, 1.54) is 17.3 Å². The van der Waals surface area contributed by atoms with Crippen molar-refractivity contribution in [3.8, 4) is 17.2 Å². The van der Waals surface area contributed by atoms with E-state index in [0.29, 0.717) is 42.3 Å². The molecule has 3 aromatic rings. The van der Waals surface area contributed by atoms with Gasteiger partial charge in [0.25, 0.3) is 0 Å². The van der Waals surface area contributed by atoms with Crippen molar-refractivity contribution in [2.45, 2.75) is 25.0 Å². The van der Waals surface area contributed by atoms with Crippen LogP contribution in [0.2, 0.25) is 0 Å². The molecule has 11 heteroatoms. The number of carbonyl (C=O) groups is 1. The predicted octanol–water partition coefficient (Wildman–Crippen LogP) is 3.34. The number of nitrogens with one attached hydrogen (secondary N) is 2. The Morgan fingerprint density at radius 1 is 1.20 bits per heavy atom. The number of anilines is 1. The molecular formula is C24H28N6O4S. The molecule has 2 N–H and O–H groups in total. The molecule has 0 bridgehead atoms. The third kappa shape index (κ3) is 6.24. The zero-order valence-corrected chi connectivity index (χ0v) is 20.7. The van der Waals surface area contributed by atoms with E-state index in [4.69, 9.17) is 14.2 Å². The molecule has 1 aliphatic rings. The van der Waals surface area contributed by atoms with E-state index >= 15 is 0 Å². The number of hydrogen-bond donors (Lipinski definition) is 2. The standard InChI is InChI=1S/C24H28N6O4S/c1-4-34-19-7-5-16(6-8-19)13-25-27-23-26-24(29-28-23)35-15-22(31)30-10-9-17-11-20(32-2)21(33-3)12-18(17)14-30/h5-8,11-13H,4,9-10,14-15H2,1-3H3,(H2,26,27,28,29)/b25-13-. The summed E-state index contributed by atoms with van der Waals surface area (Å²) in [5.74, 6) is 2.87. The van der Waals surface area contributed by atoms with Crippen LogP contribution < -0.4 is 19.6 Å². The molecule has 0 fully saturated rings. The number of benzene rings is 2. The fourth-order valence-corrected chi connectivity index (χ4v) is 4.36. The number of rotatable bonds is 10. The van der Waals surface area contributed by atoms with Crippen molar-refractivity contribution in [3.05, 3.63) is 53.1 Å². The highest BCUT2D eigenvalue weighted by atomic mass is 32.2. The molecule has 2 heterocycles. The molecule has 1 aliphatic heterocycles. The molecule has 35 heavy (non-hydrogen) atoms. The van der Waals surface area contributed by atoms with Crippen LogP contribution in [0.15, 0.2) is 46.7 Å². The first-order valence-electron chi connectivity index (χ1n) is 11.2. The fraction of sp³-hybridized carbons (Fsp3) is 0.333. The zero-order valence-electron chi connectivity index (χ0n) is 19.9. The Hall–Kier alpha value is -3.73. The van der Waals surface area contributed by atoms with Gasteiger partial charge in [0, 0.05) is 13.1 Å². The largest absolute Gasteiger partial charge is 0.494 e. The van der Waals surface area contributed by atoms with Crippen LogP contribution in [0.4, 0.5) is 5.95 Å². The van der Waals surface area contributed by atoms with Crippen molar-refractivity contribution in [1.82, 2.24) is 20.1 Å². The fourth-order valence-electron chi connectivity index (χ4n) is 3.66. The van der Waals surface area contributed by atoms with Gasteiger partial charge in [0.1, 0.15) is 5.75 Å². The minimum absolute atomic E-state index is 0.0308. The average Bonchev–Trinajstić information content (AvgIpc) is 3.35. The van der Waals surface area contributed by atoms with Crippen LogP contribution in [-0.4, -0.2) is 65.3 Å². The number of H-pyrrole nitrogens is 1. The minimum Gasteiger partial charge on any atom is -0.494 e. The van der Waals surface area contributed by atoms with Crippen LogP contribution in [0.1, 0.15) is 23.6 Å². The van der Waals surface area contributed by atoms with Gasteiger partial charge in [-0.15, -0.1) is 5.10 Å². The molecule has 0 aliphatic carbocycles. The maximum atomic E-state index is 12.8. The second kappa shape index (κ2) is 11.6. The number of nitrogens with zero attached hydrogens (tertiary/aromatic N) is 4. The number of hydrazone groups is 1. The molecule has 0 radical (unpaired) electrons. The van der Waals surface area contributed by atoms with E-state index in [-0.39, 0.29) is 11.7 Å². The molecule has 0 saturated carbocycles. The van der Waals surface area contributed by atoms with Gasteiger partial charge in [-0.3, -0.25) is 4.79 Å². The van der Waals surface area contributed by atoms with E-state index in [9.17, 15) is 4.79 Å². The van der Waals surface area contributed by atoms with Crippen molar-refractivity contribution in [3.63, 3.8) is 0 Å². The minimum atomic E-state index is 0.0308. The van der Waals surface area contributed by atoms with E-state index in [1.807, 2.05) is 48.2 Å². The Labute approximate surface area is 208 Å². The monoisotopic (exact) mass is 496 g/mol. The summed E-state index contributed by atoms with van der Waals surface area (Å²) in [5.41, 5.74) is 5.98. The van der Waals surface area contributed by atoms with Crippen molar-refractivity contribution in [1.29, 1.82) is 0 Å². The first-order valence-corrected chi connectivity index (χ1v) is 12.2. The maximum Gasteiger partial charge on any atom is 0.240 e. The summed E-state index contributed by atoms with van der Waals surface area (Å²) in [5, 5.41) is 11.6. The molecule has 10 nitrogen and oxygen atoms in total. The molecule has 0 atom stereocenters. The molecule has 0 unspecified atom stereocenters. The lowest BCUT2D eigenvalue weighted by molar-refractivity contribution is -0.129. The van der Waals surface area contributed by atoms with Crippen molar-refractivity contribution in [2.24, 2.45) is 5.10 Å². The summed E-state index contributed by atoms with van der Waals surface area (Å²) in [6.07, 6.45) is 2.44. The number of hydrogen-bond acceptors (Lipinski definition) is 9. The van der Waals surface area contributed by atoms with Gasteiger partial charge in [-0.25, -0.2) is 10.5 Å². The van der Waals surface area contributed by atoms with E-state index in [2.05, 4.69) is 25.7 Å². The Bertz CT molecular complexity index is 1180. The highest BCUT2D eigenvalue weighted by Gasteiger charge is 2.23. The smallest absolute Gasteiger partial charge is 0.240 e. The molecule has 1 aromatic heterocycles. The first-order chi connectivity index (χ1) is 17.1. The van der Waals surface area contributed by atoms with Gasteiger partial charge in [-0.2, -0.15) is 10.1 Å². The van der Waals surface area contributed by atoms with Gasteiger partial charge in [0.05, 0.1) is 32.8 Å². The van der Waals surface area contributed by atoms with Crippen LogP contribution in [-0.2, 0) is 17.8 Å². The van der Waals surface area contributed by atoms with Gasteiger partial charge in [0.15, 0.2) is 11.5 Å². The average molecular weight is 497 g/mol. The third-order valence-electron chi connectivity index (χ3n) is 5.44. The van der Waals surface area contributed by atoms with Crippen molar-refractivity contribution < 1.29 is 19.0 Å². The number of aromatic amines is 1. The molecule has 184 valence electrons. The van der Waals surface area contributed by atoms with Crippen LogP contribution in [0.5, 0.6) is 17.2 Å². The van der Waals surface area contributed by atoms with Gasteiger partial charge in [-0.1, -0.05) is 11.8 Å². The van der Waals surface area contributed by atoms with E-state index < -0.39 is 0 Å². The van der Waals surface area contributed by atoms with Gasteiger partial charge < -0.3 is 19.1 Å². The van der Waals surface area contributed by atoms with Crippen LogP contribution in [0.3, 0.4) is 0 Å². The number of methoxy groups -OCH3 is 2. The first kappa shape index (κ1) is 24.4. The lowest BCUT2D eigenvalue weighted by atomic mass is 9.99. The zero-order chi connectivity index (χ0) is 24.6. The molecule has 1 amide bonds. The Balaban J connectivity index is 1.27. The Kier molecular flexibility index (Phi) is 8.09. The van der Waals surface area contributed by atoms with Crippen molar-refractivity contribution >= 4 is 29.8 Å². The molecule has 0 spiro atoms. The van der Waals surface area contributed by atoms with Crippen LogP contribution in [0, 0.1) is 0 Å². The Morgan fingerprint density at radius 3 is 2.66 bits per heavy atom. The van der Waals surface area contributed by atoms with Gasteiger partial charge in [-0.05, 0) is 66.4 Å². The van der Waals surface area contributed by atoms with Crippen LogP contribution in [0.25, 0.3) is 0 Å². The van der Waals surface area contributed by atoms with Crippen LogP contribution >= 0.6 is 11.8 Å². The summed E-state index contributed by atoms with van der Waals surface area (Å²) >= 11 is 1.28. The van der Waals surface area contributed by atoms with Gasteiger partial charge >= 0.3 is 0 Å². The molecule has 0 saturated heterocycles. The number of fused-ring (bicyclic) bond motifs is 1. The SMILES string of the molecule is CCOc1ccc(/C=N\Nc2nc(SCC(=O)N3CCc4cc(OC)c(OC)cc4C3)n[nH]2)cc1.